The van der Waals surface area contributed by atoms with Gasteiger partial charge in [0.1, 0.15) is 5.75 Å². The van der Waals surface area contributed by atoms with Crippen molar-refractivity contribution in [2.45, 2.75) is 78.6 Å². The monoisotopic (exact) mass is 384 g/mol. The highest BCUT2D eigenvalue weighted by Gasteiger charge is 2.32. The topological polar surface area (TPSA) is 26.3 Å². The van der Waals surface area contributed by atoms with E-state index in [1.165, 1.54) is 11.1 Å². The molecule has 0 spiro atoms. The molecule has 1 atom stereocenters. The van der Waals surface area contributed by atoms with Gasteiger partial charge in [-0.15, -0.1) is 0 Å². The second-order valence-corrected chi connectivity index (χ2v) is 12.1. The van der Waals surface area contributed by atoms with Crippen molar-refractivity contribution in [2.24, 2.45) is 0 Å². The van der Waals surface area contributed by atoms with Crippen LogP contribution in [0.1, 0.15) is 79.0 Å². The molecule has 0 radical (unpaired) electrons. The van der Waals surface area contributed by atoms with Gasteiger partial charge in [-0.1, -0.05) is 80.5 Å². The van der Waals surface area contributed by atoms with Gasteiger partial charge in [0.2, 0.25) is 0 Å². The third-order valence-electron chi connectivity index (χ3n) is 5.35. The summed E-state index contributed by atoms with van der Waals surface area (Å²) in [7, 11) is -2.32. The normalized spacial score (nSPS) is 17.1. The number of fused-ring (bicyclic) bond motifs is 3. The summed E-state index contributed by atoms with van der Waals surface area (Å²) in [6, 6.07) is 10.9. The minimum absolute atomic E-state index is 0.0152. The van der Waals surface area contributed by atoms with Gasteiger partial charge in [-0.3, -0.25) is 4.57 Å². The van der Waals surface area contributed by atoms with Crippen LogP contribution in [0.25, 0.3) is 11.1 Å². The lowest BCUT2D eigenvalue weighted by atomic mass is 9.78. The molecule has 27 heavy (non-hydrogen) atoms. The standard InChI is InChI=1S/C24H33O2P/c1-22(2,3)15-10-11-17-18-12-16(23(4,5)6)13-19(24(7,8)9)21(18)26-27(25)20(17)14-15/h10-14,27H,1-9H3. The fourth-order valence-electron chi connectivity index (χ4n) is 3.49. The van der Waals surface area contributed by atoms with Crippen molar-refractivity contribution in [1.29, 1.82) is 0 Å². The number of benzene rings is 2. The Balaban J connectivity index is 2.34. The van der Waals surface area contributed by atoms with Crippen molar-refractivity contribution < 1.29 is 9.09 Å². The minimum atomic E-state index is -2.32. The molecule has 2 aromatic rings. The molecule has 0 aliphatic carbocycles. The van der Waals surface area contributed by atoms with Crippen LogP contribution >= 0.6 is 8.03 Å². The van der Waals surface area contributed by atoms with E-state index in [0.29, 0.717) is 0 Å². The average molecular weight is 385 g/mol. The molecule has 3 heteroatoms. The zero-order chi connectivity index (χ0) is 20.4. The summed E-state index contributed by atoms with van der Waals surface area (Å²) in [4.78, 5) is 0. The second kappa shape index (κ2) is 6.24. The van der Waals surface area contributed by atoms with Gasteiger partial charge in [-0.2, -0.15) is 0 Å². The molecule has 1 unspecified atom stereocenters. The van der Waals surface area contributed by atoms with Gasteiger partial charge in [0, 0.05) is 11.1 Å². The van der Waals surface area contributed by atoms with Gasteiger partial charge in [0.25, 0.3) is 8.03 Å². The Morgan fingerprint density at radius 3 is 1.81 bits per heavy atom. The van der Waals surface area contributed by atoms with E-state index in [1.54, 1.807) is 0 Å². The van der Waals surface area contributed by atoms with E-state index >= 15 is 0 Å². The highest BCUT2D eigenvalue weighted by molar-refractivity contribution is 7.49. The van der Waals surface area contributed by atoms with E-state index in [9.17, 15) is 4.57 Å². The fraction of sp³-hybridized carbons (Fsp3) is 0.500. The molecule has 1 heterocycles. The Hall–Kier alpha value is -1.53. The van der Waals surface area contributed by atoms with E-state index in [4.69, 9.17) is 4.52 Å². The predicted octanol–water partition coefficient (Wildman–Crippen LogP) is 6.74. The van der Waals surface area contributed by atoms with Gasteiger partial charge < -0.3 is 4.52 Å². The molecule has 0 saturated carbocycles. The van der Waals surface area contributed by atoms with E-state index < -0.39 is 8.03 Å². The highest BCUT2D eigenvalue weighted by atomic mass is 31.1. The lowest BCUT2D eigenvalue weighted by Crippen LogP contribution is -2.22. The fourth-order valence-corrected chi connectivity index (χ4v) is 4.72. The summed E-state index contributed by atoms with van der Waals surface area (Å²) >= 11 is 0. The highest BCUT2D eigenvalue weighted by Crippen LogP contribution is 2.49. The van der Waals surface area contributed by atoms with Gasteiger partial charge in [-0.05, 0) is 45.1 Å². The van der Waals surface area contributed by atoms with E-state index in [2.05, 4.69) is 92.6 Å². The zero-order valence-electron chi connectivity index (χ0n) is 18.2. The van der Waals surface area contributed by atoms with Crippen LogP contribution in [0, 0.1) is 0 Å². The molecule has 1 aliphatic rings. The summed E-state index contributed by atoms with van der Waals surface area (Å²) in [5.41, 5.74) is 5.70. The Bertz CT molecular complexity index is 919. The van der Waals surface area contributed by atoms with Gasteiger partial charge in [-0.25, -0.2) is 0 Å². The molecule has 0 bridgehead atoms. The van der Waals surface area contributed by atoms with E-state index in [-0.39, 0.29) is 16.2 Å². The van der Waals surface area contributed by atoms with Crippen LogP contribution in [0.5, 0.6) is 5.75 Å². The maximum atomic E-state index is 13.1. The lowest BCUT2D eigenvalue weighted by Gasteiger charge is -2.32. The van der Waals surface area contributed by atoms with Crippen molar-refractivity contribution in [3.63, 3.8) is 0 Å². The predicted molar refractivity (Wildman–Crippen MR) is 117 cm³/mol. The van der Waals surface area contributed by atoms with Crippen LogP contribution in [-0.4, -0.2) is 0 Å². The first-order chi connectivity index (χ1) is 12.2. The van der Waals surface area contributed by atoms with Gasteiger partial charge >= 0.3 is 0 Å². The number of hydrogen-bond donors (Lipinski definition) is 0. The SMILES string of the molecule is CC(C)(C)c1ccc2c(c1)[PH](=O)Oc1c-2cc(C(C)(C)C)cc1C(C)(C)C. The molecule has 0 aromatic heterocycles. The third kappa shape index (κ3) is 3.74. The summed E-state index contributed by atoms with van der Waals surface area (Å²) in [5.74, 6) is 0.801. The Morgan fingerprint density at radius 1 is 0.704 bits per heavy atom. The number of hydrogen-bond acceptors (Lipinski definition) is 2. The molecule has 146 valence electrons. The quantitative estimate of drug-likeness (QED) is 0.470. The lowest BCUT2D eigenvalue weighted by molar-refractivity contribution is 0.491. The van der Waals surface area contributed by atoms with E-state index in [0.717, 1.165) is 27.7 Å². The molecule has 0 N–H and O–H groups in total. The summed E-state index contributed by atoms with van der Waals surface area (Å²) in [6.07, 6.45) is 0. The van der Waals surface area contributed by atoms with Crippen LogP contribution < -0.4 is 9.83 Å². The zero-order valence-corrected chi connectivity index (χ0v) is 19.2. The maximum Gasteiger partial charge on any atom is 0.266 e. The molecule has 2 nitrogen and oxygen atoms in total. The van der Waals surface area contributed by atoms with Crippen molar-refractivity contribution >= 4 is 13.3 Å². The van der Waals surface area contributed by atoms with Crippen LogP contribution in [0.2, 0.25) is 0 Å². The molecule has 0 amide bonds. The van der Waals surface area contributed by atoms with Crippen LogP contribution in [0.15, 0.2) is 30.3 Å². The first-order valence-electron chi connectivity index (χ1n) is 9.76. The van der Waals surface area contributed by atoms with Crippen LogP contribution in [0.4, 0.5) is 0 Å². The molecule has 1 aliphatic heterocycles. The molecular formula is C24H33O2P. The van der Waals surface area contributed by atoms with Gasteiger partial charge in [0.15, 0.2) is 0 Å². The van der Waals surface area contributed by atoms with Crippen LogP contribution in [0.3, 0.4) is 0 Å². The Kier molecular flexibility index (Phi) is 4.67. The first-order valence-corrected chi connectivity index (χ1v) is 11.1. The van der Waals surface area contributed by atoms with Crippen molar-refractivity contribution in [3.8, 4) is 16.9 Å². The minimum Gasteiger partial charge on any atom is -0.441 e. The Morgan fingerprint density at radius 2 is 1.30 bits per heavy atom. The molecule has 0 fully saturated rings. The summed E-state index contributed by atoms with van der Waals surface area (Å²) in [6.45, 7) is 19.8. The summed E-state index contributed by atoms with van der Waals surface area (Å²) < 4.78 is 19.1. The average Bonchev–Trinajstić information content (AvgIpc) is 2.51. The molecular weight excluding hydrogens is 351 g/mol. The van der Waals surface area contributed by atoms with Crippen LogP contribution in [-0.2, 0) is 20.8 Å². The van der Waals surface area contributed by atoms with E-state index in [1.807, 2.05) is 0 Å². The molecule has 3 rings (SSSR count). The second-order valence-electron chi connectivity index (χ2n) is 10.8. The third-order valence-corrected chi connectivity index (χ3v) is 6.60. The molecule has 2 aromatic carbocycles. The molecule has 0 saturated heterocycles. The largest absolute Gasteiger partial charge is 0.441 e. The Labute approximate surface area is 165 Å². The van der Waals surface area contributed by atoms with Gasteiger partial charge in [0.05, 0.1) is 5.30 Å². The first kappa shape index (κ1) is 20.2. The van der Waals surface area contributed by atoms with Crippen molar-refractivity contribution in [2.75, 3.05) is 0 Å². The van der Waals surface area contributed by atoms with Crippen molar-refractivity contribution in [1.82, 2.24) is 0 Å². The smallest absolute Gasteiger partial charge is 0.266 e. The number of rotatable bonds is 0. The maximum absolute atomic E-state index is 13.1. The van der Waals surface area contributed by atoms with Crippen molar-refractivity contribution in [3.05, 3.63) is 47.0 Å². The summed E-state index contributed by atoms with van der Waals surface area (Å²) in [5, 5.41) is 0.853.